The van der Waals surface area contributed by atoms with E-state index in [1.165, 1.54) is 24.5 Å². The molecule has 0 unspecified atom stereocenters. The van der Waals surface area contributed by atoms with Crippen LogP contribution in [0.3, 0.4) is 0 Å². The van der Waals surface area contributed by atoms with Crippen molar-refractivity contribution in [3.63, 3.8) is 0 Å². The lowest BCUT2D eigenvalue weighted by molar-refractivity contribution is 0.0926. The molecule has 1 aromatic carbocycles. The molecule has 3 rings (SSSR count). The van der Waals surface area contributed by atoms with Crippen LogP contribution in [0, 0.1) is 0 Å². The highest BCUT2D eigenvalue weighted by molar-refractivity contribution is 6.43. The van der Waals surface area contributed by atoms with Gasteiger partial charge in [-0.3, -0.25) is 14.7 Å². The number of nitrogens with two attached hydrogens (primary N) is 1. The Morgan fingerprint density at radius 1 is 1.22 bits per heavy atom. The molecule has 0 aliphatic carbocycles. The van der Waals surface area contributed by atoms with Crippen LogP contribution in [0.25, 0.3) is 0 Å². The van der Waals surface area contributed by atoms with Gasteiger partial charge in [0, 0.05) is 11.9 Å². The summed E-state index contributed by atoms with van der Waals surface area (Å²) in [6.07, 6.45) is 2.83. The van der Waals surface area contributed by atoms with E-state index in [0.717, 1.165) is 4.90 Å². The van der Waals surface area contributed by atoms with Gasteiger partial charge in [-0.05, 0) is 12.1 Å². The third-order valence-electron chi connectivity index (χ3n) is 2.76. The fraction of sp³-hybridized carbons (Fsp3) is 0. The second-order valence-electron chi connectivity index (χ2n) is 3.79. The summed E-state index contributed by atoms with van der Waals surface area (Å²) in [6, 6.07) is 3.00. The average Bonchev–Trinajstić information content (AvgIpc) is 2.92. The summed E-state index contributed by atoms with van der Waals surface area (Å²) in [5, 5.41) is 6.46. The summed E-state index contributed by atoms with van der Waals surface area (Å²) < 4.78 is 0. The second-order valence-corrected chi connectivity index (χ2v) is 4.20. The van der Waals surface area contributed by atoms with Gasteiger partial charge >= 0.3 is 0 Å². The van der Waals surface area contributed by atoms with Crippen molar-refractivity contribution >= 4 is 34.8 Å². The number of carbonyl (C=O) groups is 2. The molecule has 18 heavy (non-hydrogen) atoms. The lowest BCUT2D eigenvalue weighted by Crippen LogP contribution is -2.29. The summed E-state index contributed by atoms with van der Waals surface area (Å²) in [6.45, 7) is 0. The molecule has 0 radical (unpaired) electrons. The molecule has 6 nitrogen and oxygen atoms in total. The lowest BCUT2D eigenvalue weighted by Gasteiger charge is -2.09. The van der Waals surface area contributed by atoms with Crippen LogP contribution in [-0.4, -0.2) is 22.0 Å². The predicted octanol–water partition coefficient (Wildman–Crippen LogP) is 1.45. The third-order valence-corrected chi connectivity index (χ3v) is 3.08. The monoisotopic (exact) mass is 262 g/mol. The summed E-state index contributed by atoms with van der Waals surface area (Å²) in [5.41, 5.74) is 6.61. The molecule has 0 saturated carbocycles. The summed E-state index contributed by atoms with van der Waals surface area (Å²) in [7, 11) is 0. The number of hydrogen-bond acceptors (Lipinski definition) is 4. The lowest BCUT2D eigenvalue weighted by atomic mass is 10.1. The number of H-pyrrole nitrogens is 1. The maximum Gasteiger partial charge on any atom is 0.268 e. The normalized spacial score (nSPS) is 14.2. The molecule has 1 aliphatic rings. The number of nitrogen functional groups attached to an aromatic ring is 1. The molecule has 3 N–H and O–H groups in total. The Balaban J connectivity index is 2.23. The molecular weight excluding hydrogens is 256 g/mol. The molecule has 0 fully saturated rings. The van der Waals surface area contributed by atoms with Gasteiger partial charge in [0.2, 0.25) is 0 Å². The summed E-state index contributed by atoms with van der Waals surface area (Å²) >= 11 is 5.95. The third kappa shape index (κ3) is 1.26. The molecular formula is C11H7ClN4O2. The summed E-state index contributed by atoms with van der Waals surface area (Å²) in [5.74, 6) is -0.981. The average molecular weight is 263 g/mol. The van der Waals surface area contributed by atoms with Crippen LogP contribution >= 0.6 is 11.6 Å². The van der Waals surface area contributed by atoms with E-state index in [-0.39, 0.29) is 21.8 Å². The quantitative estimate of drug-likeness (QED) is 0.601. The smallest absolute Gasteiger partial charge is 0.268 e. The van der Waals surface area contributed by atoms with Crippen molar-refractivity contribution in [3.05, 3.63) is 40.7 Å². The van der Waals surface area contributed by atoms with E-state index in [1.807, 2.05) is 0 Å². The van der Waals surface area contributed by atoms with E-state index in [9.17, 15) is 9.59 Å². The van der Waals surface area contributed by atoms with E-state index < -0.39 is 11.8 Å². The summed E-state index contributed by atoms with van der Waals surface area (Å²) in [4.78, 5) is 25.4. The molecule has 1 aliphatic heterocycles. The number of benzene rings is 1. The zero-order valence-electron chi connectivity index (χ0n) is 8.98. The van der Waals surface area contributed by atoms with Crippen LogP contribution in [-0.2, 0) is 0 Å². The van der Waals surface area contributed by atoms with Crippen molar-refractivity contribution in [3.8, 4) is 0 Å². The first kappa shape index (κ1) is 10.8. The van der Waals surface area contributed by atoms with Crippen molar-refractivity contribution in [2.75, 3.05) is 10.6 Å². The minimum absolute atomic E-state index is 0.142. The number of fused-ring (bicyclic) bond motifs is 1. The highest BCUT2D eigenvalue weighted by atomic mass is 35.5. The molecule has 1 aromatic heterocycles. The fourth-order valence-corrected chi connectivity index (χ4v) is 2.19. The minimum atomic E-state index is -0.492. The molecule has 2 amide bonds. The molecule has 2 aromatic rings. The predicted molar refractivity (Wildman–Crippen MR) is 65.6 cm³/mol. The van der Waals surface area contributed by atoms with Crippen LogP contribution < -0.4 is 10.6 Å². The zero-order chi connectivity index (χ0) is 12.9. The SMILES string of the molecule is Nc1ccc(Cl)c2c1C(=O)N(c1cn[nH]c1)C2=O. The fourth-order valence-electron chi connectivity index (χ4n) is 1.95. The van der Waals surface area contributed by atoms with E-state index in [4.69, 9.17) is 17.3 Å². The molecule has 0 saturated heterocycles. The van der Waals surface area contributed by atoms with Crippen molar-refractivity contribution in [1.29, 1.82) is 0 Å². The number of aromatic nitrogens is 2. The standard InChI is InChI=1S/C11H7ClN4O2/c12-6-1-2-7(13)9-8(6)10(17)16(11(9)18)5-3-14-15-4-5/h1-4H,13H2,(H,14,15). The number of rotatable bonds is 1. The Hall–Kier alpha value is -2.34. The van der Waals surface area contributed by atoms with Crippen LogP contribution in [0.2, 0.25) is 5.02 Å². The topological polar surface area (TPSA) is 92.1 Å². The minimum Gasteiger partial charge on any atom is -0.398 e. The van der Waals surface area contributed by atoms with Gasteiger partial charge < -0.3 is 5.73 Å². The van der Waals surface area contributed by atoms with Crippen LogP contribution in [0.4, 0.5) is 11.4 Å². The van der Waals surface area contributed by atoms with Gasteiger partial charge in [-0.2, -0.15) is 5.10 Å². The van der Waals surface area contributed by atoms with Gasteiger partial charge in [0.15, 0.2) is 0 Å². The number of imide groups is 1. The van der Waals surface area contributed by atoms with E-state index in [2.05, 4.69) is 10.2 Å². The van der Waals surface area contributed by atoms with Crippen LogP contribution in [0.1, 0.15) is 20.7 Å². The maximum atomic E-state index is 12.2. The number of anilines is 2. The number of nitrogens with zero attached hydrogens (tertiary/aromatic N) is 2. The van der Waals surface area contributed by atoms with E-state index in [0.29, 0.717) is 5.69 Å². The Morgan fingerprint density at radius 2 is 1.94 bits per heavy atom. The second kappa shape index (κ2) is 3.58. The zero-order valence-corrected chi connectivity index (χ0v) is 9.73. The first-order valence-electron chi connectivity index (χ1n) is 5.07. The molecule has 2 heterocycles. The highest BCUT2D eigenvalue weighted by Gasteiger charge is 2.40. The first-order valence-corrected chi connectivity index (χ1v) is 5.44. The van der Waals surface area contributed by atoms with Gasteiger partial charge in [-0.1, -0.05) is 11.6 Å². The molecule has 0 atom stereocenters. The Kier molecular flexibility index (Phi) is 2.14. The van der Waals surface area contributed by atoms with Gasteiger partial charge in [0.1, 0.15) is 0 Å². The maximum absolute atomic E-state index is 12.2. The van der Waals surface area contributed by atoms with Gasteiger partial charge in [-0.15, -0.1) is 0 Å². The largest absolute Gasteiger partial charge is 0.398 e. The molecule has 7 heteroatoms. The van der Waals surface area contributed by atoms with Gasteiger partial charge in [-0.25, -0.2) is 4.90 Å². The van der Waals surface area contributed by atoms with Crippen LogP contribution in [0.15, 0.2) is 24.5 Å². The number of carbonyl (C=O) groups excluding carboxylic acids is 2. The van der Waals surface area contributed by atoms with Crippen molar-refractivity contribution < 1.29 is 9.59 Å². The molecule has 0 spiro atoms. The van der Waals surface area contributed by atoms with E-state index in [1.54, 1.807) is 0 Å². The Labute approximate surface area is 106 Å². The van der Waals surface area contributed by atoms with Crippen molar-refractivity contribution in [2.24, 2.45) is 0 Å². The number of hydrogen-bond donors (Lipinski definition) is 2. The number of aromatic amines is 1. The highest BCUT2D eigenvalue weighted by Crippen LogP contribution is 2.35. The Morgan fingerprint density at radius 3 is 2.56 bits per heavy atom. The number of halogens is 1. The van der Waals surface area contributed by atoms with Gasteiger partial charge in [0.05, 0.1) is 28.0 Å². The Bertz CT molecular complexity index is 625. The van der Waals surface area contributed by atoms with Crippen molar-refractivity contribution in [1.82, 2.24) is 10.2 Å². The van der Waals surface area contributed by atoms with E-state index >= 15 is 0 Å². The molecule has 90 valence electrons. The molecule has 0 bridgehead atoms. The van der Waals surface area contributed by atoms with Gasteiger partial charge in [0.25, 0.3) is 11.8 Å². The number of amides is 2. The number of nitrogens with one attached hydrogen (secondary N) is 1. The van der Waals surface area contributed by atoms with Crippen molar-refractivity contribution in [2.45, 2.75) is 0 Å². The van der Waals surface area contributed by atoms with Crippen LogP contribution in [0.5, 0.6) is 0 Å². The first-order chi connectivity index (χ1) is 8.61.